The number of piperidine rings is 1. The largest absolute Gasteiger partial charge is 0.423 e. The fourth-order valence-corrected chi connectivity index (χ4v) is 5.03. The monoisotopic (exact) mass is 435 g/mol. The number of hydrogen-bond donors (Lipinski definition) is 0. The van der Waals surface area contributed by atoms with Gasteiger partial charge in [0.1, 0.15) is 17.0 Å². The van der Waals surface area contributed by atoms with Crippen molar-refractivity contribution in [3.05, 3.63) is 48.0 Å². The summed E-state index contributed by atoms with van der Waals surface area (Å²) in [5.41, 5.74) is 4.91. The predicted octanol–water partition coefficient (Wildman–Crippen LogP) is 4.07. The Balaban J connectivity index is 1.20. The van der Waals surface area contributed by atoms with Crippen molar-refractivity contribution >= 4 is 33.8 Å². The fraction of sp³-hybridized carbons (Fsp3) is 0.417. The second-order valence-corrected chi connectivity index (χ2v) is 8.73. The van der Waals surface area contributed by atoms with Gasteiger partial charge < -0.3 is 23.5 Å². The fourth-order valence-electron chi connectivity index (χ4n) is 5.03. The molecule has 0 N–H and O–H groups in total. The van der Waals surface area contributed by atoms with Gasteiger partial charge in [-0.05, 0) is 42.5 Å². The van der Waals surface area contributed by atoms with Gasteiger partial charge in [0.25, 0.3) is 6.01 Å². The first-order valence-corrected chi connectivity index (χ1v) is 11.2. The van der Waals surface area contributed by atoms with E-state index in [0.29, 0.717) is 25.1 Å². The van der Waals surface area contributed by atoms with Crippen molar-refractivity contribution in [2.45, 2.75) is 18.8 Å². The van der Waals surface area contributed by atoms with Crippen LogP contribution < -0.4 is 9.80 Å². The van der Waals surface area contributed by atoms with E-state index < -0.39 is 0 Å². The van der Waals surface area contributed by atoms with Crippen LogP contribution in [0, 0.1) is 5.82 Å². The number of morpholine rings is 1. The van der Waals surface area contributed by atoms with Gasteiger partial charge in [-0.25, -0.2) is 9.37 Å². The van der Waals surface area contributed by atoms with Crippen LogP contribution in [-0.4, -0.2) is 53.9 Å². The zero-order valence-electron chi connectivity index (χ0n) is 18.1. The smallest absolute Gasteiger partial charge is 0.298 e. The molecule has 166 valence electrons. The van der Waals surface area contributed by atoms with Gasteiger partial charge in [0.15, 0.2) is 5.58 Å². The average molecular weight is 436 g/mol. The van der Waals surface area contributed by atoms with Gasteiger partial charge in [0.2, 0.25) is 0 Å². The Bertz CT molecular complexity index is 1270. The van der Waals surface area contributed by atoms with E-state index in [1.807, 2.05) is 17.7 Å². The molecule has 0 bridgehead atoms. The lowest BCUT2D eigenvalue weighted by Crippen LogP contribution is -2.36. The van der Waals surface area contributed by atoms with E-state index in [1.165, 1.54) is 11.8 Å². The standard InChI is InChI=1S/C24H26FN5O2/c1-28-15-20(19-12-17(25)14-26-23(19)28)16-4-6-29(7-5-16)18-2-3-21-22(13-18)32-24(27-21)30-8-10-31-11-9-30/h2-3,12-16H,4-11H2,1H3. The number of aryl methyl sites for hydroxylation is 1. The van der Waals surface area contributed by atoms with Crippen molar-refractivity contribution in [2.24, 2.45) is 7.05 Å². The molecule has 0 unspecified atom stereocenters. The maximum absolute atomic E-state index is 13.8. The van der Waals surface area contributed by atoms with Gasteiger partial charge >= 0.3 is 0 Å². The summed E-state index contributed by atoms with van der Waals surface area (Å²) in [5.74, 6) is 0.125. The van der Waals surface area contributed by atoms with Crippen molar-refractivity contribution in [2.75, 3.05) is 49.2 Å². The van der Waals surface area contributed by atoms with Crippen LogP contribution >= 0.6 is 0 Å². The van der Waals surface area contributed by atoms with Crippen LogP contribution in [0.5, 0.6) is 0 Å². The lowest BCUT2D eigenvalue weighted by molar-refractivity contribution is 0.120. The average Bonchev–Trinajstić information content (AvgIpc) is 3.40. The summed E-state index contributed by atoms with van der Waals surface area (Å²) < 4.78 is 27.3. The van der Waals surface area contributed by atoms with Crippen molar-refractivity contribution in [1.82, 2.24) is 14.5 Å². The zero-order valence-corrected chi connectivity index (χ0v) is 18.1. The third-order valence-corrected chi connectivity index (χ3v) is 6.75. The Kier molecular flexibility index (Phi) is 4.75. The summed E-state index contributed by atoms with van der Waals surface area (Å²) in [5, 5.41) is 0.935. The summed E-state index contributed by atoms with van der Waals surface area (Å²) in [4.78, 5) is 13.5. The maximum Gasteiger partial charge on any atom is 0.298 e. The van der Waals surface area contributed by atoms with Crippen molar-refractivity contribution < 1.29 is 13.5 Å². The first-order chi connectivity index (χ1) is 15.7. The SMILES string of the molecule is Cn1cc(C2CCN(c3ccc4nc(N5CCOCC5)oc4c3)CC2)c2cc(F)cnc21. The number of nitrogens with zero attached hydrogens (tertiary/aromatic N) is 5. The molecule has 0 spiro atoms. The highest BCUT2D eigenvalue weighted by atomic mass is 19.1. The molecule has 6 rings (SSSR count). The predicted molar refractivity (Wildman–Crippen MR) is 122 cm³/mol. The molecule has 0 saturated carbocycles. The summed E-state index contributed by atoms with van der Waals surface area (Å²) in [6.45, 7) is 4.91. The van der Waals surface area contributed by atoms with E-state index in [2.05, 4.69) is 38.1 Å². The molecule has 2 saturated heterocycles. The molecule has 2 aliphatic heterocycles. The molecule has 0 atom stereocenters. The van der Waals surface area contributed by atoms with E-state index in [4.69, 9.17) is 9.15 Å². The van der Waals surface area contributed by atoms with E-state index >= 15 is 0 Å². The van der Waals surface area contributed by atoms with Crippen LogP contribution in [0.4, 0.5) is 16.1 Å². The van der Waals surface area contributed by atoms with Gasteiger partial charge in [-0.2, -0.15) is 4.98 Å². The van der Waals surface area contributed by atoms with Crippen LogP contribution in [0.25, 0.3) is 22.1 Å². The third-order valence-electron chi connectivity index (χ3n) is 6.75. The molecule has 0 aliphatic carbocycles. The summed E-state index contributed by atoms with van der Waals surface area (Å²) in [7, 11) is 1.98. The lowest BCUT2D eigenvalue weighted by Gasteiger charge is -2.33. The second-order valence-electron chi connectivity index (χ2n) is 8.73. The Morgan fingerprint density at radius 3 is 2.66 bits per heavy atom. The molecule has 1 aromatic carbocycles. The molecule has 8 heteroatoms. The Morgan fingerprint density at radius 2 is 1.84 bits per heavy atom. The number of pyridine rings is 1. The number of ether oxygens (including phenoxy) is 1. The highest BCUT2D eigenvalue weighted by Gasteiger charge is 2.25. The summed E-state index contributed by atoms with van der Waals surface area (Å²) in [6.07, 6.45) is 5.44. The second kappa shape index (κ2) is 7.78. The summed E-state index contributed by atoms with van der Waals surface area (Å²) >= 11 is 0. The van der Waals surface area contributed by atoms with Crippen LogP contribution in [0.15, 0.2) is 41.1 Å². The molecule has 4 aromatic rings. The van der Waals surface area contributed by atoms with Gasteiger partial charge in [0, 0.05) is 56.6 Å². The van der Waals surface area contributed by atoms with Crippen LogP contribution in [0.1, 0.15) is 24.3 Å². The number of halogens is 1. The lowest BCUT2D eigenvalue weighted by atomic mass is 9.89. The first kappa shape index (κ1) is 19.5. The minimum atomic E-state index is -0.279. The van der Waals surface area contributed by atoms with Crippen molar-refractivity contribution in [3.8, 4) is 0 Å². The minimum absolute atomic E-state index is 0.279. The molecule has 32 heavy (non-hydrogen) atoms. The van der Waals surface area contributed by atoms with Crippen LogP contribution in [-0.2, 0) is 11.8 Å². The highest BCUT2D eigenvalue weighted by Crippen LogP contribution is 2.36. The van der Waals surface area contributed by atoms with Crippen molar-refractivity contribution in [1.29, 1.82) is 0 Å². The van der Waals surface area contributed by atoms with Gasteiger partial charge in [0.05, 0.1) is 19.4 Å². The molecule has 2 fully saturated rings. The van der Waals surface area contributed by atoms with Gasteiger partial charge in [-0.15, -0.1) is 0 Å². The molecular weight excluding hydrogens is 409 g/mol. The zero-order chi connectivity index (χ0) is 21.7. The quantitative estimate of drug-likeness (QED) is 0.483. The molecule has 7 nitrogen and oxygen atoms in total. The number of rotatable bonds is 3. The Hall–Kier alpha value is -3.13. The van der Waals surface area contributed by atoms with E-state index in [-0.39, 0.29) is 5.82 Å². The molecule has 0 radical (unpaired) electrons. The van der Waals surface area contributed by atoms with Gasteiger partial charge in [-0.3, -0.25) is 0 Å². The number of aromatic nitrogens is 3. The number of hydrogen-bond acceptors (Lipinski definition) is 6. The Labute approximate surface area is 185 Å². The topological polar surface area (TPSA) is 59.6 Å². The first-order valence-electron chi connectivity index (χ1n) is 11.2. The number of anilines is 2. The molecule has 3 aromatic heterocycles. The van der Waals surface area contributed by atoms with E-state index in [9.17, 15) is 4.39 Å². The maximum atomic E-state index is 13.8. The van der Waals surface area contributed by atoms with Crippen molar-refractivity contribution in [3.63, 3.8) is 0 Å². The third kappa shape index (κ3) is 3.39. The molecule has 5 heterocycles. The molecule has 2 aliphatic rings. The minimum Gasteiger partial charge on any atom is -0.423 e. The van der Waals surface area contributed by atoms with Gasteiger partial charge in [-0.1, -0.05) is 0 Å². The number of fused-ring (bicyclic) bond motifs is 2. The summed E-state index contributed by atoms with van der Waals surface area (Å²) in [6, 6.07) is 8.57. The number of benzene rings is 1. The number of oxazole rings is 1. The normalized spacial score (nSPS) is 18.2. The van der Waals surface area contributed by atoms with E-state index in [1.54, 1.807) is 6.07 Å². The van der Waals surface area contributed by atoms with Crippen LogP contribution in [0.3, 0.4) is 0 Å². The molecular formula is C24H26FN5O2. The van der Waals surface area contributed by atoms with Crippen LogP contribution in [0.2, 0.25) is 0 Å². The molecule has 0 amide bonds. The highest BCUT2D eigenvalue weighted by molar-refractivity contribution is 5.81. The Morgan fingerprint density at radius 1 is 1.03 bits per heavy atom. The van der Waals surface area contributed by atoms with E-state index in [0.717, 1.165) is 66.8 Å².